The first-order chi connectivity index (χ1) is 6.13. The zero-order chi connectivity index (χ0) is 9.84. The monoisotopic (exact) mass is 180 g/mol. The average Bonchev–Trinajstić information content (AvgIpc) is 2.03. The van der Waals surface area contributed by atoms with E-state index in [0.717, 1.165) is 23.5 Å². The average molecular weight is 180 g/mol. The van der Waals surface area contributed by atoms with Crippen molar-refractivity contribution in [2.75, 3.05) is 14.1 Å². The number of aromatic nitrogens is 1. The second kappa shape index (κ2) is 4.35. The van der Waals surface area contributed by atoms with Crippen molar-refractivity contribution in [3.8, 4) is 0 Å². The molecule has 1 N–H and O–H groups in total. The zero-order valence-corrected chi connectivity index (χ0v) is 8.41. The van der Waals surface area contributed by atoms with Gasteiger partial charge in [-0.2, -0.15) is 0 Å². The molecule has 0 fully saturated rings. The number of hydrogen-bond acceptors (Lipinski definition) is 3. The van der Waals surface area contributed by atoms with Gasteiger partial charge in [-0.25, -0.2) is 0 Å². The van der Waals surface area contributed by atoms with Gasteiger partial charge >= 0.3 is 0 Å². The molecule has 0 aromatic carbocycles. The maximum absolute atomic E-state index is 9.06. The van der Waals surface area contributed by atoms with Gasteiger partial charge in [0.25, 0.3) is 0 Å². The van der Waals surface area contributed by atoms with E-state index in [1.54, 1.807) is 0 Å². The van der Waals surface area contributed by atoms with Crippen LogP contribution in [0.2, 0.25) is 0 Å². The molecule has 1 rings (SSSR count). The van der Waals surface area contributed by atoms with E-state index < -0.39 is 0 Å². The molecule has 3 heteroatoms. The Hall–Kier alpha value is -0.930. The quantitative estimate of drug-likeness (QED) is 0.752. The second-order valence-corrected chi connectivity index (χ2v) is 3.45. The van der Waals surface area contributed by atoms with E-state index in [2.05, 4.69) is 4.98 Å². The minimum Gasteiger partial charge on any atom is -0.392 e. The van der Waals surface area contributed by atoms with Crippen molar-refractivity contribution < 1.29 is 5.11 Å². The minimum absolute atomic E-state index is 0.0659. The number of rotatable bonds is 3. The molecule has 13 heavy (non-hydrogen) atoms. The minimum atomic E-state index is 0.0659. The highest BCUT2D eigenvalue weighted by Crippen LogP contribution is 2.09. The summed E-state index contributed by atoms with van der Waals surface area (Å²) in [5, 5.41) is 9.06. The summed E-state index contributed by atoms with van der Waals surface area (Å²) in [5.41, 5.74) is 2.88. The van der Waals surface area contributed by atoms with Gasteiger partial charge in [0.1, 0.15) is 0 Å². The molecule has 0 radical (unpaired) electrons. The maximum Gasteiger partial charge on any atom is 0.0700 e. The Bertz CT molecular complexity index is 284. The van der Waals surface area contributed by atoms with Crippen molar-refractivity contribution >= 4 is 0 Å². The Balaban J connectivity index is 2.94. The lowest BCUT2D eigenvalue weighted by Crippen LogP contribution is -2.14. The molecule has 3 nitrogen and oxygen atoms in total. The molecule has 0 saturated carbocycles. The van der Waals surface area contributed by atoms with Crippen molar-refractivity contribution in [1.29, 1.82) is 0 Å². The molecular formula is C10H16N2O. The Morgan fingerprint density at radius 3 is 2.62 bits per heavy atom. The van der Waals surface area contributed by atoms with Crippen molar-refractivity contribution in [2.45, 2.75) is 20.1 Å². The highest BCUT2D eigenvalue weighted by molar-refractivity contribution is 5.21. The van der Waals surface area contributed by atoms with Crippen LogP contribution in [0.25, 0.3) is 0 Å². The van der Waals surface area contributed by atoms with Crippen molar-refractivity contribution in [3.05, 3.63) is 29.1 Å². The molecule has 1 heterocycles. The molecule has 1 aromatic rings. The van der Waals surface area contributed by atoms with E-state index >= 15 is 0 Å². The molecule has 0 unspecified atom stereocenters. The molecule has 0 aliphatic rings. The summed E-state index contributed by atoms with van der Waals surface area (Å²) in [7, 11) is 3.98. The van der Waals surface area contributed by atoms with Gasteiger partial charge in [-0.3, -0.25) is 4.98 Å². The molecule has 0 amide bonds. The van der Waals surface area contributed by atoms with Crippen LogP contribution in [0.3, 0.4) is 0 Å². The van der Waals surface area contributed by atoms with Gasteiger partial charge in [0, 0.05) is 17.8 Å². The highest BCUT2D eigenvalue weighted by Gasteiger charge is 2.04. The lowest BCUT2D eigenvalue weighted by Gasteiger charge is -2.12. The van der Waals surface area contributed by atoms with Gasteiger partial charge in [-0.15, -0.1) is 0 Å². The van der Waals surface area contributed by atoms with Crippen LogP contribution >= 0.6 is 0 Å². The van der Waals surface area contributed by atoms with E-state index in [9.17, 15) is 0 Å². The Morgan fingerprint density at radius 2 is 2.08 bits per heavy atom. The van der Waals surface area contributed by atoms with Gasteiger partial charge in [0.15, 0.2) is 0 Å². The van der Waals surface area contributed by atoms with E-state index in [-0.39, 0.29) is 6.61 Å². The van der Waals surface area contributed by atoms with Crippen molar-refractivity contribution in [1.82, 2.24) is 9.88 Å². The van der Waals surface area contributed by atoms with Crippen LogP contribution in [0.5, 0.6) is 0 Å². The van der Waals surface area contributed by atoms with Crippen LogP contribution in [0.4, 0.5) is 0 Å². The topological polar surface area (TPSA) is 36.4 Å². The lowest BCUT2D eigenvalue weighted by molar-refractivity contribution is 0.277. The highest BCUT2D eigenvalue weighted by atomic mass is 16.3. The number of nitrogens with zero attached hydrogens (tertiary/aromatic N) is 2. The third-order valence-corrected chi connectivity index (χ3v) is 1.84. The number of aliphatic hydroxyl groups excluding tert-OH is 1. The molecule has 0 atom stereocenters. The van der Waals surface area contributed by atoms with Crippen LogP contribution in [-0.2, 0) is 13.2 Å². The normalized spacial score (nSPS) is 10.8. The van der Waals surface area contributed by atoms with Crippen LogP contribution in [0.1, 0.15) is 17.0 Å². The molecule has 0 saturated heterocycles. The van der Waals surface area contributed by atoms with Crippen LogP contribution in [0.15, 0.2) is 12.1 Å². The predicted molar refractivity (Wildman–Crippen MR) is 52.3 cm³/mol. The lowest BCUT2D eigenvalue weighted by atomic mass is 10.2. The molecule has 0 aliphatic heterocycles. The Kier molecular flexibility index (Phi) is 3.39. The standard InChI is InChI=1S/C10H16N2O/c1-8-4-5-9(7-13)10(11-8)6-12(2)3/h4-5,13H,6-7H2,1-3H3. The Labute approximate surface area is 79.0 Å². The van der Waals surface area contributed by atoms with Gasteiger partial charge in [0.05, 0.1) is 12.3 Å². The second-order valence-electron chi connectivity index (χ2n) is 3.45. The number of hydrogen-bond donors (Lipinski definition) is 1. The first-order valence-corrected chi connectivity index (χ1v) is 4.34. The van der Waals surface area contributed by atoms with E-state index in [0.29, 0.717) is 0 Å². The number of aliphatic hydroxyl groups is 1. The smallest absolute Gasteiger partial charge is 0.0700 e. The SMILES string of the molecule is Cc1ccc(CO)c(CN(C)C)n1. The fourth-order valence-corrected chi connectivity index (χ4v) is 1.22. The van der Waals surface area contributed by atoms with Crippen LogP contribution in [-0.4, -0.2) is 29.1 Å². The van der Waals surface area contributed by atoms with Crippen LogP contribution < -0.4 is 0 Å². The molecule has 0 bridgehead atoms. The number of pyridine rings is 1. The first-order valence-electron chi connectivity index (χ1n) is 4.34. The molecule has 0 aliphatic carbocycles. The number of aryl methyl sites for hydroxylation is 1. The van der Waals surface area contributed by atoms with Gasteiger partial charge in [-0.05, 0) is 27.1 Å². The third-order valence-electron chi connectivity index (χ3n) is 1.84. The van der Waals surface area contributed by atoms with Gasteiger partial charge in [0.2, 0.25) is 0 Å². The third kappa shape index (κ3) is 2.79. The summed E-state index contributed by atoms with van der Waals surface area (Å²) in [5.74, 6) is 0. The van der Waals surface area contributed by atoms with Crippen LogP contribution in [0, 0.1) is 6.92 Å². The summed E-state index contributed by atoms with van der Waals surface area (Å²) >= 11 is 0. The van der Waals surface area contributed by atoms with E-state index in [1.807, 2.05) is 38.1 Å². The zero-order valence-electron chi connectivity index (χ0n) is 8.41. The van der Waals surface area contributed by atoms with Crippen molar-refractivity contribution in [2.24, 2.45) is 0 Å². The molecular weight excluding hydrogens is 164 g/mol. The summed E-state index contributed by atoms with van der Waals surface area (Å²) in [6, 6.07) is 3.85. The summed E-state index contributed by atoms with van der Waals surface area (Å²) in [6.45, 7) is 2.80. The van der Waals surface area contributed by atoms with E-state index in [1.165, 1.54) is 0 Å². The first kappa shape index (κ1) is 10.2. The van der Waals surface area contributed by atoms with Gasteiger partial charge in [-0.1, -0.05) is 6.07 Å². The summed E-state index contributed by atoms with van der Waals surface area (Å²) in [6.07, 6.45) is 0. The Morgan fingerprint density at radius 1 is 1.38 bits per heavy atom. The summed E-state index contributed by atoms with van der Waals surface area (Å²) in [4.78, 5) is 6.43. The van der Waals surface area contributed by atoms with E-state index in [4.69, 9.17) is 5.11 Å². The van der Waals surface area contributed by atoms with Crippen molar-refractivity contribution in [3.63, 3.8) is 0 Å². The maximum atomic E-state index is 9.06. The largest absolute Gasteiger partial charge is 0.392 e. The summed E-state index contributed by atoms with van der Waals surface area (Å²) < 4.78 is 0. The fourth-order valence-electron chi connectivity index (χ4n) is 1.22. The fraction of sp³-hybridized carbons (Fsp3) is 0.500. The molecule has 72 valence electrons. The van der Waals surface area contributed by atoms with Gasteiger partial charge < -0.3 is 10.0 Å². The predicted octanol–water partition coefficient (Wildman–Crippen LogP) is 0.944. The molecule has 0 spiro atoms. The molecule has 1 aromatic heterocycles.